The highest BCUT2D eigenvalue weighted by Crippen LogP contribution is 2.33. The van der Waals surface area contributed by atoms with Gasteiger partial charge in [0.2, 0.25) is 0 Å². The molecule has 1 atom stereocenters. The number of nitrogens with zero attached hydrogens (tertiary/aromatic N) is 1. The van der Waals surface area contributed by atoms with Gasteiger partial charge >= 0.3 is 12.0 Å². The van der Waals surface area contributed by atoms with E-state index in [0.717, 1.165) is 4.90 Å². The fraction of sp³-hybridized carbons (Fsp3) is 0.333. The molecule has 0 aliphatic carbocycles. The number of nitrogens with one attached hydrogen (secondary N) is 2. The maximum Gasteiger partial charge on any atom is 0.340 e. The molecule has 1 fully saturated rings. The Kier molecular flexibility index (Phi) is 5.85. The fourth-order valence-corrected chi connectivity index (χ4v) is 4.33. The van der Waals surface area contributed by atoms with Gasteiger partial charge in [-0.3, -0.25) is 14.5 Å². The van der Waals surface area contributed by atoms with Crippen molar-refractivity contribution in [1.29, 1.82) is 0 Å². The zero-order valence-corrected chi connectivity index (χ0v) is 18.7. The number of ketones is 1. The number of H-pyrrole nitrogens is 1. The molecule has 1 unspecified atom stereocenters. The zero-order chi connectivity index (χ0) is 22.2. The summed E-state index contributed by atoms with van der Waals surface area (Å²) < 4.78 is 5.70. The Balaban J connectivity index is 1.87. The number of carbonyl (C=O) groups is 4. The summed E-state index contributed by atoms with van der Waals surface area (Å²) >= 11 is 3.41. The number of imide groups is 1. The van der Waals surface area contributed by atoms with Gasteiger partial charge in [0.05, 0.1) is 24.4 Å². The molecule has 1 aliphatic rings. The third kappa shape index (κ3) is 3.54. The topological polar surface area (TPSA) is 109 Å². The van der Waals surface area contributed by atoms with E-state index < -0.39 is 35.8 Å². The van der Waals surface area contributed by atoms with Crippen LogP contribution in [0.5, 0.6) is 0 Å². The maximum atomic E-state index is 13.1. The molecule has 9 heteroatoms. The summed E-state index contributed by atoms with van der Waals surface area (Å²) in [4.78, 5) is 54.5. The standard InChI is InChI=1S/C21H22BrN3O5/c1-5-30-18(27)16-11(2)17(23-12(16)3)15(26)10-25-19(28)21(4,24-20(25)29)13-8-6-7-9-14(13)22/h6-9,23H,5,10H2,1-4H3,(H,24,29). The number of aromatic amines is 1. The van der Waals surface area contributed by atoms with Crippen LogP contribution < -0.4 is 5.32 Å². The summed E-state index contributed by atoms with van der Waals surface area (Å²) in [5, 5.41) is 2.68. The number of ether oxygens (including phenoxy) is 1. The molecule has 8 nitrogen and oxygen atoms in total. The van der Waals surface area contributed by atoms with E-state index in [1.54, 1.807) is 52.0 Å². The summed E-state index contributed by atoms with van der Waals surface area (Å²) in [6, 6.07) is 6.42. The van der Waals surface area contributed by atoms with Crippen LogP contribution in [0.1, 0.15) is 51.5 Å². The third-order valence-corrected chi connectivity index (χ3v) is 5.88. The number of benzene rings is 1. The quantitative estimate of drug-likeness (QED) is 0.378. The molecule has 2 N–H and O–H groups in total. The van der Waals surface area contributed by atoms with Gasteiger partial charge in [-0.1, -0.05) is 34.1 Å². The van der Waals surface area contributed by atoms with Gasteiger partial charge in [-0.15, -0.1) is 0 Å². The number of urea groups is 1. The van der Waals surface area contributed by atoms with Crippen molar-refractivity contribution in [1.82, 2.24) is 15.2 Å². The number of amides is 3. The smallest absolute Gasteiger partial charge is 0.340 e. The van der Waals surface area contributed by atoms with Crippen molar-refractivity contribution in [2.75, 3.05) is 13.2 Å². The van der Waals surface area contributed by atoms with Gasteiger partial charge in [-0.2, -0.15) is 0 Å². The Bertz CT molecular complexity index is 1060. The van der Waals surface area contributed by atoms with Crippen LogP contribution in [0.2, 0.25) is 0 Å². The minimum atomic E-state index is -1.30. The number of esters is 1. The minimum Gasteiger partial charge on any atom is -0.462 e. The molecule has 0 spiro atoms. The highest BCUT2D eigenvalue weighted by molar-refractivity contribution is 9.10. The van der Waals surface area contributed by atoms with Crippen LogP contribution in [0.3, 0.4) is 0 Å². The lowest BCUT2D eigenvalue weighted by Gasteiger charge is -2.23. The monoisotopic (exact) mass is 475 g/mol. The van der Waals surface area contributed by atoms with Crippen molar-refractivity contribution in [3.05, 3.63) is 56.8 Å². The van der Waals surface area contributed by atoms with Crippen molar-refractivity contribution < 1.29 is 23.9 Å². The van der Waals surface area contributed by atoms with Crippen molar-refractivity contribution in [2.45, 2.75) is 33.2 Å². The Morgan fingerprint density at radius 3 is 2.50 bits per heavy atom. The number of aryl methyl sites for hydroxylation is 1. The SMILES string of the molecule is CCOC(=O)c1c(C)[nH]c(C(=O)CN2C(=O)NC(C)(c3ccccc3Br)C2=O)c1C. The Hall–Kier alpha value is -2.94. The molecule has 1 aliphatic heterocycles. The Labute approximate surface area is 182 Å². The lowest BCUT2D eigenvalue weighted by Crippen LogP contribution is -2.41. The molecule has 0 radical (unpaired) electrons. The normalized spacial score (nSPS) is 18.5. The molecule has 1 aromatic heterocycles. The van der Waals surface area contributed by atoms with Crippen LogP contribution in [0, 0.1) is 13.8 Å². The number of hydrogen-bond acceptors (Lipinski definition) is 5. The number of halogens is 1. The molecule has 2 heterocycles. The second-order valence-corrected chi connectivity index (χ2v) is 8.05. The first-order valence-electron chi connectivity index (χ1n) is 9.40. The number of aromatic nitrogens is 1. The summed E-state index contributed by atoms with van der Waals surface area (Å²) in [7, 11) is 0. The molecule has 0 bridgehead atoms. The second kappa shape index (κ2) is 8.06. The molecule has 1 saturated heterocycles. The lowest BCUT2D eigenvalue weighted by atomic mass is 9.92. The van der Waals surface area contributed by atoms with E-state index in [9.17, 15) is 19.2 Å². The lowest BCUT2D eigenvalue weighted by molar-refractivity contribution is -0.130. The number of carbonyl (C=O) groups excluding carboxylic acids is 4. The average Bonchev–Trinajstić information content (AvgIpc) is 3.10. The van der Waals surface area contributed by atoms with Crippen LogP contribution in [0.15, 0.2) is 28.7 Å². The first kappa shape index (κ1) is 21.8. The highest BCUT2D eigenvalue weighted by atomic mass is 79.9. The fourth-order valence-electron chi connectivity index (χ4n) is 3.65. The predicted octanol–water partition coefficient (Wildman–Crippen LogP) is 3.22. The van der Waals surface area contributed by atoms with Crippen molar-refractivity contribution in [3.63, 3.8) is 0 Å². The molecule has 1 aromatic carbocycles. The number of hydrogen-bond donors (Lipinski definition) is 2. The van der Waals surface area contributed by atoms with Crippen LogP contribution in [-0.2, 0) is 15.1 Å². The van der Waals surface area contributed by atoms with E-state index in [4.69, 9.17) is 4.74 Å². The van der Waals surface area contributed by atoms with Gasteiger partial charge in [-0.25, -0.2) is 9.59 Å². The first-order chi connectivity index (χ1) is 14.1. The van der Waals surface area contributed by atoms with Gasteiger partial charge in [0, 0.05) is 15.7 Å². The maximum absolute atomic E-state index is 13.1. The van der Waals surface area contributed by atoms with Crippen molar-refractivity contribution in [3.8, 4) is 0 Å². The minimum absolute atomic E-state index is 0.172. The van der Waals surface area contributed by atoms with Crippen molar-refractivity contribution >= 4 is 39.6 Å². The van der Waals surface area contributed by atoms with E-state index in [-0.39, 0.29) is 17.9 Å². The summed E-state index contributed by atoms with van der Waals surface area (Å²) in [6.45, 7) is 6.34. The van der Waals surface area contributed by atoms with E-state index in [1.807, 2.05) is 0 Å². The highest BCUT2D eigenvalue weighted by Gasteiger charge is 2.50. The molecule has 3 rings (SSSR count). The molecule has 0 saturated carbocycles. The summed E-state index contributed by atoms with van der Waals surface area (Å²) in [6.07, 6.45) is 0. The number of Topliss-reactive ketones (excluding diaryl/α,β-unsaturated/α-hetero) is 1. The van der Waals surface area contributed by atoms with Crippen LogP contribution in [-0.4, -0.2) is 46.7 Å². The third-order valence-electron chi connectivity index (χ3n) is 5.19. The van der Waals surface area contributed by atoms with E-state index in [1.165, 1.54) is 0 Å². The largest absolute Gasteiger partial charge is 0.462 e. The van der Waals surface area contributed by atoms with Crippen LogP contribution in [0.25, 0.3) is 0 Å². The zero-order valence-electron chi connectivity index (χ0n) is 17.1. The van der Waals surface area contributed by atoms with Crippen molar-refractivity contribution in [2.24, 2.45) is 0 Å². The number of rotatable bonds is 6. The van der Waals surface area contributed by atoms with E-state index >= 15 is 0 Å². The van der Waals surface area contributed by atoms with Gasteiger partial charge in [0.15, 0.2) is 5.78 Å². The summed E-state index contributed by atoms with van der Waals surface area (Å²) in [5.74, 6) is -1.54. The summed E-state index contributed by atoms with van der Waals surface area (Å²) in [5.41, 5.74) is 0.672. The van der Waals surface area contributed by atoms with Gasteiger partial charge in [0.25, 0.3) is 5.91 Å². The average molecular weight is 476 g/mol. The molecule has 158 valence electrons. The van der Waals surface area contributed by atoms with Crippen LogP contribution in [0.4, 0.5) is 4.79 Å². The Morgan fingerprint density at radius 2 is 1.87 bits per heavy atom. The predicted molar refractivity (Wildman–Crippen MR) is 112 cm³/mol. The van der Waals surface area contributed by atoms with Gasteiger partial charge in [0.1, 0.15) is 5.54 Å². The molecule has 3 amide bonds. The molecule has 2 aromatic rings. The Morgan fingerprint density at radius 1 is 1.20 bits per heavy atom. The van der Waals surface area contributed by atoms with Crippen LogP contribution >= 0.6 is 15.9 Å². The van der Waals surface area contributed by atoms with Gasteiger partial charge < -0.3 is 15.0 Å². The van der Waals surface area contributed by atoms with Gasteiger partial charge in [-0.05, 0) is 39.3 Å². The molecule has 30 heavy (non-hydrogen) atoms. The molecular weight excluding hydrogens is 454 g/mol. The first-order valence-corrected chi connectivity index (χ1v) is 10.2. The molecular formula is C21H22BrN3O5. The van der Waals surface area contributed by atoms with E-state index in [2.05, 4.69) is 26.2 Å². The van der Waals surface area contributed by atoms with E-state index in [0.29, 0.717) is 21.3 Å². The second-order valence-electron chi connectivity index (χ2n) is 7.19.